The van der Waals surface area contributed by atoms with Gasteiger partial charge in [-0.3, -0.25) is 4.79 Å². The van der Waals surface area contributed by atoms with Crippen molar-refractivity contribution in [2.45, 2.75) is 25.4 Å². The molecule has 6 nitrogen and oxygen atoms in total. The standard InChI is InChI=1S/C19H21ClN4O2/c1-2-26-16-9-5-14(6-10-16)17-11-18(23-22-17)19(25)24-21-12-13-3-7-15(20)8-4-13/h3-10,12,17-18,22-23H,2,11H2,1H3,(H,24,25)/b21-12+. The van der Waals surface area contributed by atoms with Gasteiger partial charge in [0.25, 0.3) is 5.91 Å². The highest BCUT2D eigenvalue weighted by Crippen LogP contribution is 2.24. The number of hydrogen-bond donors (Lipinski definition) is 3. The van der Waals surface area contributed by atoms with Crippen LogP contribution in [0.4, 0.5) is 0 Å². The molecule has 0 bridgehead atoms. The minimum absolute atomic E-state index is 0.0571. The molecule has 0 aliphatic carbocycles. The summed E-state index contributed by atoms with van der Waals surface area (Å²) in [7, 11) is 0. The average molecular weight is 373 g/mol. The topological polar surface area (TPSA) is 74.8 Å². The summed E-state index contributed by atoms with van der Waals surface area (Å²) >= 11 is 5.83. The normalized spacial score (nSPS) is 19.6. The molecular formula is C19H21ClN4O2. The molecule has 1 aliphatic heterocycles. The summed E-state index contributed by atoms with van der Waals surface area (Å²) in [6, 6.07) is 14.8. The largest absolute Gasteiger partial charge is 0.494 e. The Bertz CT molecular complexity index is 762. The first-order valence-corrected chi connectivity index (χ1v) is 8.86. The Morgan fingerprint density at radius 2 is 1.96 bits per heavy atom. The molecule has 26 heavy (non-hydrogen) atoms. The van der Waals surface area contributed by atoms with Crippen molar-refractivity contribution >= 4 is 23.7 Å². The maximum Gasteiger partial charge on any atom is 0.258 e. The van der Waals surface area contributed by atoms with Gasteiger partial charge in [-0.2, -0.15) is 5.10 Å². The van der Waals surface area contributed by atoms with E-state index in [0.29, 0.717) is 18.1 Å². The summed E-state index contributed by atoms with van der Waals surface area (Å²) in [6.07, 6.45) is 2.22. The number of hydrazine groups is 1. The first-order chi connectivity index (χ1) is 12.7. The van der Waals surface area contributed by atoms with Gasteiger partial charge in [0, 0.05) is 11.1 Å². The Labute approximate surface area is 157 Å². The lowest BCUT2D eigenvalue weighted by atomic mass is 10.0. The lowest BCUT2D eigenvalue weighted by Crippen LogP contribution is -2.41. The lowest BCUT2D eigenvalue weighted by Gasteiger charge is -2.10. The molecule has 2 unspecified atom stereocenters. The molecule has 0 aromatic heterocycles. The van der Waals surface area contributed by atoms with Crippen molar-refractivity contribution in [3.63, 3.8) is 0 Å². The third kappa shape index (κ3) is 4.82. The lowest BCUT2D eigenvalue weighted by molar-refractivity contribution is -0.122. The Balaban J connectivity index is 1.51. The van der Waals surface area contributed by atoms with Gasteiger partial charge in [-0.1, -0.05) is 35.9 Å². The van der Waals surface area contributed by atoms with Crippen LogP contribution in [0.2, 0.25) is 5.02 Å². The molecule has 136 valence electrons. The second-order valence-corrected chi connectivity index (χ2v) is 6.35. The summed E-state index contributed by atoms with van der Waals surface area (Å²) in [4.78, 5) is 12.2. The third-order valence-corrected chi connectivity index (χ3v) is 4.32. The second kappa shape index (κ2) is 8.80. The number of benzene rings is 2. The summed E-state index contributed by atoms with van der Waals surface area (Å²) in [5.41, 5.74) is 10.7. The molecule has 3 rings (SSSR count). The summed E-state index contributed by atoms with van der Waals surface area (Å²) in [5, 5.41) is 4.65. The highest BCUT2D eigenvalue weighted by molar-refractivity contribution is 6.30. The molecule has 1 aliphatic rings. The van der Waals surface area contributed by atoms with Crippen LogP contribution in [0.3, 0.4) is 0 Å². The molecule has 2 aromatic rings. The van der Waals surface area contributed by atoms with Crippen LogP contribution < -0.4 is 21.0 Å². The molecule has 0 saturated carbocycles. The monoisotopic (exact) mass is 372 g/mol. The van der Waals surface area contributed by atoms with Crippen LogP contribution in [0.1, 0.15) is 30.5 Å². The van der Waals surface area contributed by atoms with E-state index in [9.17, 15) is 4.79 Å². The smallest absolute Gasteiger partial charge is 0.258 e. The summed E-state index contributed by atoms with van der Waals surface area (Å²) in [5.74, 6) is 0.657. The van der Waals surface area contributed by atoms with Gasteiger partial charge >= 0.3 is 0 Å². The fourth-order valence-corrected chi connectivity index (χ4v) is 2.83. The zero-order valence-corrected chi connectivity index (χ0v) is 15.2. The Morgan fingerprint density at radius 1 is 1.23 bits per heavy atom. The van der Waals surface area contributed by atoms with E-state index in [2.05, 4.69) is 21.4 Å². The number of amides is 1. The predicted molar refractivity (Wildman–Crippen MR) is 102 cm³/mol. The summed E-state index contributed by atoms with van der Waals surface area (Å²) in [6.45, 7) is 2.59. The number of halogens is 1. The fraction of sp³-hybridized carbons (Fsp3) is 0.263. The molecular weight excluding hydrogens is 352 g/mol. The van der Waals surface area contributed by atoms with E-state index < -0.39 is 0 Å². The third-order valence-electron chi connectivity index (χ3n) is 4.07. The summed E-state index contributed by atoms with van der Waals surface area (Å²) < 4.78 is 5.45. The van der Waals surface area contributed by atoms with Crippen LogP contribution >= 0.6 is 11.6 Å². The fourth-order valence-electron chi connectivity index (χ4n) is 2.71. The first-order valence-electron chi connectivity index (χ1n) is 8.48. The SMILES string of the molecule is CCOc1ccc(C2CC(C(=O)N/N=C/c3ccc(Cl)cc3)NN2)cc1. The molecule has 3 N–H and O–H groups in total. The van der Waals surface area contributed by atoms with Gasteiger partial charge in [0.15, 0.2) is 0 Å². The van der Waals surface area contributed by atoms with Crippen LogP contribution in [0.25, 0.3) is 0 Å². The first kappa shape index (κ1) is 18.4. The Kier molecular flexibility index (Phi) is 6.22. The number of carbonyl (C=O) groups excluding carboxylic acids is 1. The van der Waals surface area contributed by atoms with Crippen molar-refractivity contribution in [2.24, 2.45) is 5.10 Å². The molecule has 2 atom stereocenters. The van der Waals surface area contributed by atoms with E-state index in [-0.39, 0.29) is 18.0 Å². The maximum atomic E-state index is 12.2. The van der Waals surface area contributed by atoms with Crippen molar-refractivity contribution in [3.05, 3.63) is 64.7 Å². The number of rotatable bonds is 6. The van der Waals surface area contributed by atoms with Crippen molar-refractivity contribution in [3.8, 4) is 5.75 Å². The van der Waals surface area contributed by atoms with Gasteiger partial charge in [0.1, 0.15) is 11.8 Å². The molecule has 1 saturated heterocycles. The van der Waals surface area contributed by atoms with Crippen LogP contribution in [-0.4, -0.2) is 24.8 Å². The molecule has 0 spiro atoms. The number of carbonyl (C=O) groups is 1. The zero-order chi connectivity index (χ0) is 18.4. The minimum Gasteiger partial charge on any atom is -0.494 e. The molecule has 1 fully saturated rings. The highest BCUT2D eigenvalue weighted by atomic mass is 35.5. The van der Waals surface area contributed by atoms with Gasteiger partial charge < -0.3 is 4.74 Å². The van der Waals surface area contributed by atoms with Crippen LogP contribution in [0.15, 0.2) is 53.6 Å². The van der Waals surface area contributed by atoms with Crippen LogP contribution in [0.5, 0.6) is 5.75 Å². The number of nitrogens with one attached hydrogen (secondary N) is 3. The minimum atomic E-state index is -0.353. The van der Waals surface area contributed by atoms with Gasteiger partial charge in [-0.05, 0) is 48.7 Å². The van der Waals surface area contributed by atoms with E-state index in [1.165, 1.54) is 0 Å². The van der Waals surface area contributed by atoms with Crippen molar-refractivity contribution in [1.29, 1.82) is 0 Å². The van der Waals surface area contributed by atoms with Crippen LogP contribution in [0, 0.1) is 0 Å². The Morgan fingerprint density at radius 3 is 2.65 bits per heavy atom. The van der Waals surface area contributed by atoms with Gasteiger partial charge in [-0.25, -0.2) is 16.3 Å². The van der Waals surface area contributed by atoms with Crippen molar-refractivity contribution < 1.29 is 9.53 Å². The van der Waals surface area contributed by atoms with E-state index >= 15 is 0 Å². The van der Waals surface area contributed by atoms with E-state index in [1.54, 1.807) is 18.3 Å². The molecule has 0 radical (unpaired) electrons. The molecule has 1 heterocycles. The van der Waals surface area contributed by atoms with E-state index in [4.69, 9.17) is 16.3 Å². The number of ether oxygens (including phenoxy) is 1. The second-order valence-electron chi connectivity index (χ2n) is 5.92. The maximum absolute atomic E-state index is 12.2. The highest BCUT2D eigenvalue weighted by Gasteiger charge is 2.29. The Hall–Kier alpha value is -2.41. The molecule has 1 amide bonds. The quantitative estimate of drug-likeness (QED) is 0.538. The van der Waals surface area contributed by atoms with Gasteiger partial charge in [0.05, 0.1) is 12.8 Å². The van der Waals surface area contributed by atoms with Crippen molar-refractivity contribution in [1.82, 2.24) is 16.3 Å². The molecule has 7 heteroatoms. The molecule has 2 aromatic carbocycles. The number of hydrazone groups is 1. The number of nitrogens with zero attached hydrogens (tertiary/aromatic N) is 1. The van der Waals surface area contributed by atoms with Crippen molar-refractivity contribution in [2.75, 3.05) is 6.61 Å². The predicted octanol–water partition coefficient (Wildman–Crippen LogP) is 2.80. The zero-order valence-electron chi connectivity index (χ0n) is 14.4. The van der Waals surface area contributed by atoms with Crippen LogP contribution in [-0.2, 0) is 4.79 Å². The average Bonchev–Trinajstić information content (AvgIpc) is 3.14. The van der Waals surface area contributed by atoms with E-state index in [0.717, 1.165) is 16.9 Å². The van der Waals surface area contributed by atoms with Gasteiger partial charge in [-0.15, -0.1) is 0 Å². The van der Waals surface area contributed by atoms with Gasteiger partial charge in [0.2, 0.25) is 0 Å². The van der Waals surface area contributed by atoms with E-state index in [1.807, 2.05) is 43.3 Å². The number of hydrogen-bond acceptors (Lipinski definition) is 5.